The van der Waals surface area contributed by atoms with Crippen LogP contribution in [0.25, 0.3) is 0 Å². The van der Waals surface area contributed by atoms with Gasteiger partial charge in [-0.1, -0.05) is 20.4 Å². The second kappa shape index (κ2) is 4.13. The Morgan fingerprint density at radius 3 is 2.36 bits per heavy atom. The molecule has 3 heteroatoms. The van der Waals surface area contributed by atoms with E-state index in [1.54, 1.807) is 0 Å². The van der Waals surface area contributed by atoms with Crippen molar-refractivity contribution < 1.29 is 9.90 Å². The van der Waals surface area contributed by atoms with Crippen LogP contribution in [-0.4, -0.2) is 17.1 Å². The number of rotatable bonds is 4. The van der Waals surface area contributed by atoms with E-state index < -0.39 is 5.97 Å². The molecular formula is C8H15NO2. The lowest BCUT2D eigenvalue weighted by atomic mass is 9.98. The van der Waals surface area contributed by atoms with Gasteiger partial charge in [-0.15, -0.1) is 0 Å². The molecule has 0 heterocycles. The third-order valence-corrected chi connectivity index (χ3v) is 1.64. The molecule has 11 heavy (non-hydrogen) atoms. The highest BCUT2D eigenvalue weighted by Crippen LogP contribution is 2.08. The number of hydrogen-bond donors (Lipinski definition) is 2. The highest BCUT2D eigenvalue weighted by molar-refractivity contribution is 5.85. The van der Waals surface area contributed by atoms with Crippen LogP contribution in [0.5, 0.6) is 0 Å². The Hall–Kier alpha value is -0.830. The number of hydrogen-bond acceptors (Lipinski definition) is 2. The summed E-state index contributed by atoms with van der Waals surface area (Å²) in [4.78, 5) is 10.3. The smallest absolute Gasteiger partial charge is 0.331 e. The van der Waals surface area contributed by atoms with E-state index in [0.717, 1.165) is 0 Å². The first-order valence-corrected chi connectivity index (χ1v) is 3.61. The summed E-state index contributed by atoms with van der Waals surface area (Å²) < 4.78 is 0. The van der Waals surface area contributed by atoms with Gasteiger partial charge in [0, 0.05) is 11.6 Å². The maximum atomic E-state index is 10.3. The van der Waals surface area contributed by atoms with Crippen LogP contribution >= 0.6 is 0 Å². The normalized spacial score (nSPS) is 13.1. The molecule has 0 bridgehead atoms. The molecule has 0 aromatic rings. The fourth-order valence-electron chi connectivity index (χ4n) is 0.608. The second-order valence-electron chi connectivity index (χ2n) is 3.02. The van der Waals surface area contributed by atoms with Gasteiger partial charge >= 0.3 is 5.97 Å². The standard InChI is InChI=1S/C8H15NO2/c1-5(2)7(9)4-6(3)8(10)11/h5,7H,3-4,9H2,1-2H3,(H,10,11)/t7-/m0/s1. The monoisotopic (exact) mass is 157 g/mol. The summed E-state index contributed by atoms with van der Waals surface area (Å²) in [5.41, 5.74) is 5.82. The van der Waals surface area contributed by atoms with Gasteiger partial charge in [-0.3, -0.25) is 0 Å². The Balaban J connectivity index is 3.85. The van der Waals surface area contributed by atoms with Crippen molar-refractivity contribution in [2.45, 2.75) is 26.3 Å². The summed E-state index contributed by atoms with van der Waals surface area (Å²) in [5, 5.41) is 8.46. The van der Waals surface area contributed by atoms with Crippen LogP contribution in [0.4, 0.5) is 0 Å². The van der Waals surface area contributed by atoms with Gasteiger partial charge < -0.3 is 10.8 Å². The van der Waals surface area contributed by atoms with Crippen molar-refractivity contribution in [2.75, 3.05) is 0 Å². The highest BCUT2D eigenvalue weighted by atomic mass is 16.4. The van der Waals surface area contributed by atoms with Crippen LogP contribution < -0.4 is 5.73 Å². The van der Waals surface area contributed by atoms with Crippen molar-refractivity contribution in [2.24, 2.45) is 11.7 Å². The molecule has 0 aliphatic carbocycles. The van der Waals surface area contributed by atoms with Crippen LogP contribution in [0.3, 0.4) is 0 Å². The molecule has 1 atom stereocenters. The zero-order chi connectivity index (χ0) is 9.02. The van der Waals surface area contributed by atoms with E-state index in [0.29, 0.717) is 12.3 Å². The second-order valence-corrected chi connectivity index (χ2v) is 3.02. The summed E-state index contributed by atoms with van der Waals surface area (Å²) >= 11 is 0. The molecule has 0 aromatic heterocycles. The Bertz CT molecular complexity index is 163. The van der Waals surface area contributed by atoms with Crippen LogP contribution in [0, 0.1) is 5.92 Å². The minimum absolute atomic E-state index is 0.0985. The van der Waals surface area contributed by atoms with E-state index in [1.165, 1.54) is 0 Å². The van der Waals surface area contributed by atoms with Gasteiger partial charge in [-0.25, -0.2) is 4.79 Å². The van der Waals surface area contributed by atoms with Gasteiger partial charge in [-0.05, 0) is 12.3 Å². The average Bonchev–Trinajstić information content (AvgIpc) is 1.87. The van der Waals surface area contributed by atoms with Crippen LogP contribution in [0.1, 0.15) is 20.3 Å². The van der Waals surface area contributed by atoms with Gasteiger partial charge in [-0.2, -0.15) is 0 Å². The van der Waals surface area contributed by atoms with E-state index in [1.807, 2.05) is 13.8 Å². The quantitative estimate of drug-likeness (QED) is 0.598. The first-order chi connectivity index (χ1) is 4.95. The van der Waals surface area contributed by atoms with Crippen LogP contribution in [0.15, 0.2) is 12.2 Å². The summed E-state index contributed by atoms with van der Waals surface area (Å²) in [5.74, 6) is -0.660. The maximum absolute atomic E-state index is 10.3. The summed E-state index contributed by atoms with van der Waals surface area (Å²) in [6.07, 6.45) is 0.368. The molecule has 0 aliphatic heterocycles. The van der Waals surface area contributed by atoms with Crippen molar-refractivity contribution in [3.8, 4) is 0 Å². The number of carboxylic acid groups (broad SMARTS) is 1. The first-order valence-electron chi connectivity index (χ1n) is 3.61. The third kappa shape index (κ3) is 3.78. The SMILES string of the molecule is C=C(C[C@H](N)C(C)C)C(=O)O. The minimum atomic E-state index is -0.957. The Morgan fingerprint density at radius 2 is 2.09 bits per heavy atom. The highest BCUT2D eigenvalue weighted by Gasteiger charge is 2.12. The van der Waals surface area contributed by atoms with E-state index in [2.05, 4.69) is 6.58 Å². The molecule has 64 valence electrons. The molecule has 3 nitrogen and oxygen atoms in total. The lowest BCUT2D eigenvalue weighted by molar-refractivity contribution is -0.132. The van der Waals surface area contributed by atoms with Gasteiger partial charge in [0.2, 0.25) is 0 Å². The number of carboxylic acids is 1. The van der Waals surface area contributed by atoms with E-state index in [9.17, 15) is 4.79 Å². The zero-order valence-electron chi connectivity index (χ0n) is 7.00. The minimum Gasteiger partial charge on any atom is -0.478 e. The number of aliphatic carboxylic acids is 1. The van der Waals surface area contributed by atoms with Crippen molar-refractivity contribution in [3.63, 3.8) is 0 Å². The van der Waals surface area contributed by atoms with Gasteiger partial charge in [0.25, 0.3) is 0 Å². The van der Waals surface area contributed by atoms with Crippen molar-refractivity contribution in [1.29, 1.82) is 0 Å². The lowest BCUT2D eigenvalue weighted by Crippen LogP contribution is -2.27. The molecule has 0 unspecified atom stereocenters. The van der Waals surface area contributed by atoms with Crippen LogP contribution in [-0.2, 0) is 4.79 Å². The summed E-state index contributed by atoms with van der Waals surface area (Å²) in [6.45, 7) is 7.31. The summed E-state index contributed by atoms with van der Waals surface area (Å²) in [7, 11) is 0. The predicted molar refractivity (Wildman–Crippen MR) is 44.2 cm³/mol. The molecule has 0 aromatic carbocycles. The third-order valence-electron chi connectivity index (χ3n) is 1.64. The maximum Gasteiger partial charge on any atom is 0.331 e. The fraction of sp³-hybridized carbons (Fsp3) is 0.625. The largest absolute Gasteiger partial charge is 0.478 e. The van der Waals surface area contributed by atoms with Crippen molar-refractivity contribution >= 4 is 5.97 Å². The molecule has 0 aliphatic rings. The van der Waals surface area contributed by atoms with E-state index in [4.69, 9.17) is 10.8 Å². The van der Waals surface area contributed by atoms with Crippen molar-refractivity contribution in [1.82, 2.24) is 0 Å². The number of carbonyl (C=O) groups is 1. The Kier molecular flexibility index (Phi) is 3.82. The topological polar surface area (TPSA) is 63.3 Å². The molecule has 0 fully saturated rings. The molecule has 0 radical (unpaired) electrons. The Labute approximate surface area is 66.9 Å². The van der Waals surface area contributed by atoms with E-state index >= 15 is 0 Å². The molecule has 0 spiro atoms. The average molecular weight is 157 g/mol. The molecule has 0 rings (SSSR count). The predicted octanol–water partition coefficient (Wildman–Crippen LogP) is 1.00. The lowest BCUT2D eigenvalue weighted by Gasteiger charge is -2.14. The van der Waals surface area contributed by atoms with Gasteiger partial charge in [0.1, 0.15) is 0 Å². The zero-order valence-corrected chi connectivity index (χ0v) is 7.00. The fourth-order valence-corrected chi connectivity index (χ4v) is 0.608. The van der Waals surface area contributed by atoms with Crippen LogP contribution in [0.2, 0.25) is 0 Å². The summed E-state index contributed by atoms with van der Waals surface area (Å²) in [6, 6.07) is -0.0985. The molecular weight excluding hydrogens is 142 g/mol. The Morgan fingerprint density at radius 1 is 1.64 bits per heavy atom. The molecule has 3 N–H and O–H groups in total. The molecule has 0 amide bonds. The van der Waals surface area contributed by atoms with E-state index in [-0.39, 0.29) is 11.6 Å². The molecule has 0 saturated carbocycles. The molecule has 0 saturated heterocycles. The van der Waals surface area contributed by atoms with Gasteiger partial charge in [0.05, 0.1) is 0 Å². The number of nitrogens with two attached hydrogens (primary N) is 1. The van der Waals surface area contributed by atoms with Gasteiger partial charge in [0.15, 0.2) is 0 Å². The first kappa shape index (κ1) is 10.2. The van der Waals surface area contributed by atoms with Crippen molar-refractivity contribution in [3.05, 3.63) is 12.2 Å².